The second-order valence-electron chi connectivity index (χ2n) is 5.99. The summed E-state index contributed by atoms with van der Waals surface area (Å²) in [7, 11) is 0. The fourth-order valence-electron chi connectivity index (χ4n) is 2.40. The molecule has 1 atom stereocenters. The molecule has 7 nitrogen and oxygen atoms in total. The Kier molecular flexibility index (Phi) is 5.17. The summed E-state index contributed by atoms with van der Waals surface area (Å²) in [4.78, 5) is 26.8. The number of anilines is 1. The Hall–Kier alpha value is -3.61. The van der Waals surface area contributed by atoms with Crippen LogP contribution in [0.1, 0.15) is 35.1 Å². The number of nitrogens with zero attached hydrogens (tertiary/aromatic N) is 3. The quantitative estimate of drug-likeness (QED) is 0.598. The topological polar surface area (TPSA) is 110 Å². The van der Waals surface area contributed by atoms with Gasteiger partial charge in [0.05, 0.1) is 16.6 Å². The van der Waals surface area contributed by atoms with Crippen LogP contribution in [-0.4, -0.2) is 31.9 Å². The number of rotatable bonds is 3. The Morgan fingerprint density at radius 3 is 2.89 bits per heavy atom. The van der Waals surface area contributed by atoms with Crippen molar-refractivity contribution in [3.8, 4) is 11.8 Å². The first-order chi connectivity index (χ1) is 13.2. The third kappa shape index (κ3) is 4.37. The second-order valence-corrected chi connectivity index (χ2v) is 5.99. The summed E-state index contributed by atoms with van der Waals surface area (Å²) in [5, 5.41) is 2.68. The Bertz CT molecular complexity index is 1050. The number of fused-ring (bicyclic) bond motifs is 1. The predicted molar refractivity (Wildman–Crippen MR) is 96.0 cm³/mol. The Labute approximate surface area is 157 Å². The average molecular weight is 388 g/mol. The Morgan fingerprint density at radius 2 is 2.18 bits per heavy atom. The van der Waals surface area contributed by atoms with Gasteiger partial charge in [0, 0.05) is 24.9 Å². The summed E-state index contributed by atoms with van der Waals surface area (Å²) >= 11 is 0. The van der Waals surface area contributed by atoms with Gasteiger partial charge in [-0.15, -0.1) is 0 Å². The van der Waals surface area contributed by atoms with Gasteiger partial charge >= 0.3 is 6.18 Å². The molecule has 10 heteroatoms. The van der Waals surface area contributed by atoms with Gasteiger partial charge in [-0.1, -0.05) is 11.8 Å². The normalized spacial score (nSPS) is 12.3. The maximum atomic E-state index is 13.0. The number of nitrogens with two attached hydrogens (primary N) is 1. The van der Waals surface area contributed by atoms with Gasteiger partial charge in [0.1, 0.15) is 5.82 Å². The van der Waals surface area contributed by atoms with Gasteiger partial charge in [-0.2, -0.15) is 13.2 Å². The zero-order valence-corrected chi connectivity index (χ0v) is 14.6. The van der Waals surface area contributed by atoms with E-state index in [1.165, 1.54) is 0 Å². The van der Waals surface area contributed by atoms with Crippen LogP contribution in [0.15, 0.2) is 30.6 Å². The van der Waals surface area contributed by atoms with Crippen molar-refractivity contribution in [3.05, 3.63) is 47.5 Å². The summed E-state index contributed by atoms with van der Waals surface area (Å²) in [5.74, 6) is 4.46. The van der Waals surface area contributed by atoms with Crippen LogP contribution in [0.5, 0.6) is 0 Å². The van der Waals surface area contributed by atoms with Crippen LogP contribution in [0.25, 0.3) is 11.2 Å². The molecule has 0 aliphatic heterocycles. The fourth-order valence-corrected chi connectivity index (χ4v) is 2.40. The lowest BCUT2D eigenvalue weighted by Crippen LogP contribution is -2.32. The van der Waals surface area contributed by atoms with Crippen molar-refractivity contribution in [2.75, 3.05) is 5.73 Å². The van der Waals surface area contributed by atoms with Crippen molar-refractivity contribution in [3.63, 3.8) is 0 Å². The molecule has 0 aliphatic rings. The zero-order valence-electron chi connectivity index (χ0n) is 14.6. The van der Waals surface area contributed by atoms with Crippen molar-refractivity contribution in [2.45, 2.75) is 25.6 Å². The standard InChI is InChI=1S/C18H15F3N6O/c1-10(25-17(28)16-26-13-6-3-7-23-15(13)27-16)4-2-5-11-9-24-14(22)8-12(11)18(19,20)21/h3,6-10H,4H2,1H3,(H2,22,24)(H,25,28)(H,23,26,27)/t10-/m0/s1. The molecule has 3 aromatic heterocycles. The minimum atomic E-state index is -4.59. The van der Waals surface area contributed by atoms with Gasteiger partial charge < -0.3 is 16.0 Å². The van der Waals surface area contributed by atoms with Crippen LogP contribution in [0.3, 0.4) is 0 Å². The monoisotopic (exact) mass is 388 g/mol. The first-order valence-electron chi connectivity index (χ1n) is 8.17. The third-order valence-electron chi connectivity index (χ3n) is 3.71. The molecular formula is C18H15F3N6O. The zero-order chi connectivity index (χ0) is 20.3. The molecule has 28 heavy (non-hydrogen) atoms. The van der Waals surface area contributed by atoms with Gasteiger partial charge in [-0.05, 0) is 25.1 Å². The highest BCUT2D eigenvalue weighted by atomic mass is 19.4. The first kappa shape index (κ1) is 19.2. The van der Waals surface area contributed by atoms with Gasteiger partial charge in [-0.25, -0.2) is 15.0 Å². The predicted octanol–water partition coefficient (Wildman–Crippen LogP) is 2.51. The SMILES string of the molecule is C[C@@H](CC#Cc1cnc(N)cc1C(F)(F)F)NC(=O)c1nc2ncccc2[nH]1. The van der Waals surface area contributed by atoms with E-state index in [1.807, 2.05) is 0 Å². The molecule has 0 bridgehead atoms. The van der Waals surface area contributed by atoms with E-state index in [-0.39, 0.29) is 23.6 Å². The number of nitrogen functional groups attached to an aromatic ring is 1. The number of pyridine rings is 2. The third-order valence-corrected chi connectivity index (χ3v) is 3.71. The van der Waals surface area contributed by atoms with Crippen LogP contribution in [0.4, 0.5) is 19.0 Å². The Balaban J connectivity index is 1.67. The van der Waals surface area contributed by atoms with E-state index >= 15 is 0 Å². The molecule has 0 unspecified atom stereocenters. The van der Waals surface area contributed by atoms with Crippen molar-refractivity contribution >= 4 is 22.9 Å². The van der Waals surface area contributed by atoms with E-state index < -0.39 is 23.7 Å². The van der Waals surface area contributed by atoms with Crippen LogP contribution in [0.2, 0.25) is 0 Å². The van der Waals surface area contributed by atoms with Crippen LogP contribution in [0, 0.1) is 11.8 Å². The van der Waals surface area contributed by atoms with Gasteiger partial charge in [0.15, 0.2) is 11.5 Å². The highest BCUT2D eigenvalue weighted by Crippen LogP contribution is 2.32. The van der Waals surface area contributed by atoms with E-state index in [0.29, 0.717) is 11.2 Å². The van der Waals surface area contributed by atoms with Crippen molar-refractivity contribution in [1.82, 2.24) is 25.3 Å². The number of nitrogens with one attached hydrogen (secondary N) is 2. The number of carbonyl (C=O) groups is 1. The molecule has 1 amide bonds. The number of amides is 1. The molecule has 0 aliphatic carbocycles. The smallest absolute Gasteiger partial charge is 0.384 e. The van der Waals surface area contributed by atoms with Crippen molar-refractivity contribution in [2.24, 2.45) is 0 Å². The number of H-pyrrole nitrogens is 1. The molecule has 0 spiro atoms. The lowest BCUT2D eigenvalue weighted by atomic mass is 10.1. The number of imidazole rings is 1. The largest absolute Gasteiger partial charge is 0.417 e. The Morgan fingerprint density at radius 1 is 1.39 bits per heavy atom. The van der Waals surface area contributed by atoms with E-state index in [0.717, 1.165) is 12.3 Å². The molecule has 144 valence electrons. The number of aromatic nitrogens is 4. The number of aromatic amines is 1. The summed E-state index contributed by atoms with van der Waals surface area (Å²) in [6, 6.07) is 3.77. The van der Waals surface area contributed by atoms with E-state index in [4.69, 9.17) is 5.73 Å². The molecule has 3 rings (SSSR count). The molecule has 0 aromatic carbocycles. The van der Waals surface area contributed by atoms with Gasteiger partial charge in [0.2, 0.25) is 0 Å². The lowest BCUT2D eigenvalue weighted by Gasteiger charge is -2.10. The molecule has 3 aromatic rings. The summed E-state index contributed by atoms with van der Waals surface area (Å²) in [5.41, 5.74) is 5.13. The summed E-state index contributed by atoms with van der Waals surface area (Å²) in [6.45, 7) is 1.68. The minimum absolute atomic E-state index is 0.0931. The number of hydrogen-bond acceptors (Lipinski definition) is 5. The molecule has 0 saturated heterocycles. The molecular weight excluding hydrogens is 373 g/mol. The van der Waals surface area contributed by atoms with Gasteiger partial charge in [-0.3, -0.25) is 4.79 Å². The molecule has 3 heterocycles. The molecule has 0 fully saturated rings. The molecule has 4 N–H and O–H groups in total. The number of hydrogen-bond donors (Lipinski definition) is 3. The summed E-state index contributed by atoms with van der Waals surface area (Å²) in [6.07, 6.45) is -1.91. The molecule has 0 saturated carbocycles. The maximum absolute atomic E-state index is 13.0. The number of carbonyl (C=O) groups excluding carboxylic acids is 1. The molecule has 0 radical (unpaired) electrons. The van der Waals surface area contributed by atoms with Crippen LogP contribution in [-0.2, 0) is 6.18 Å². The maximum Gasteiger partial charge on any atom is 0.417 e. The first-order valence-corrected chi connectivity index (χ1v) is 8.17. The number of halogens is 3. The van der Waals surface area contributed by atoms with Crippen molar-refractivity contribution in [1.29, 1.82) is 0 Å². The van der Waals surface area contributed by atoms with E-state index in [9.17, 15) is 18.0 Å². The highest BCUT2D eigenvalue weighted by Gasteiger charge is 2.33. The average Bonchev–Trinajstić information content (AvgIpc) is 3.06. The minimum Gasteiger partial charge on any atom is -0.384 e. The van der Waals surface area contributed by atoms with Gasteiger partial charge in [0.25, 0.3) is 5.91 Å². The summed E-state index contributed by atoms with van der Waals surface area (Å²) < 4.78 is 39.1. The highest BCUT2D eigenvalue weighted by molar-refractivity contribution is 5.93. The van der Waals surface area contributed by atoms with E-state index in [2.05, 4.69) is 37.1 Å². The lowest BCUT2D eigenvalue weighted by molar-refractivity contribution is -0.137. The second kappa shape index (κ2) is 7.56. The fraction of sp³-hybridized carbons (Fsp3) is 0.222. The van der Waals surface area contributed by atoms with Crippen LogP contribution >= 0.6 is 0 Å². The van der Waals surface area contributed by atoms with Crippen molar-refractivity contribution < 1.29 is 18.0 Å². The number of alkyl halides is 3. The van der Waals surface area contributed by atoms with E-state index in [1.54, 1.807) is 25.3 Å². The van der Waals surface area contributed by atoms with Crippen LogP contribution < -0.4 is 11.1 Å².